The minimum Gasteiger partial charge on any atom is -0.476 e. The van der Waals surface area contributed by atoms with Gasteiger partial charge in [0.2, 0.25) is 10.0 Å². The lowest BCUT2D eigenvalue weighted by molar-refractivity contribution is -0.129. The highest BCUT2D eigenvalue weighted by atomic mass is 32.2. The number of rotatable bonds is 5. The van der Waals surface area contributed by atoms with E-state index in [0.717, 1.165) is 0 Å². The Morgan fingerprint density at radius 3 is 2.76 bits per heavy atom. The molecule has 1 aromatic rings. The lowest BCUT2D eigenvalue weighted by Gasteiger charge is -2.31. The van der Waals surface area contributed by atoms with Crippen molar-refractivity contribution in [2.45, 2.75) is 24.3 Å². The maximum atomic E-state index is 12.1. The Labute approximate surface area is 123 Å². The van der Waals surface area contributed by atoms with Crippen LogP contribution in [-0.4, -0.2) is 40.2 Å². The second-order valence-corrected chi connectivity index (χ2v) is 6.88. The quantitative estimate of drug-likeness (QED) is 0.781. The highest BCUT2D eigenvalue weighted by molar-refractivity contribution is 7.89. The molecule has 0 saturated heterocycles. The van der Waals surface area contributed by atoms with Gasteiger partial charge in [-0.2, -0.15) is 0 Å². The first kappa shape index (κ1) is 15.7. The van der Waals surface area contributed by atoms with E-state index in [1.165, 1.54) is 25.3 Å². The number of carbonyl (C=O) groups is 1. The van der Waals surface area contributed by atoms with Crippen molar-refractivity contribution in [1.29, 1.82) is 0 Å². The zero-order chi connectivity index (χ0) is 15.7. The maximum Gasteiger partial charge on any atom is 0.268 e. The van der Waals surface area contributed by atoms with Crippen LogP contribution in [0.4, 0.5) is 5.69 Å². The summed E-state index contributed by atoms with van der Waals surface area (Å²) in [6.45, 7) is 3.73. The third-order valence-electron chi connectivity index (χ3n) is 3.02. The molecule has 1 amide bonds. The maximum absolute atomic E-state index is 12.1. The molecule has 0 aliphatic carbocycles. The van der Waals surface area contributed by atoms with Crippen LogP contribution in [-0.2, 0) is 19.6 Å². The van der Waals surface area contributed by atoms with Gasteiger partial charge in [-0.3, -0.25) is 4.79 Å². The van der Waals surface area contributed by atoms with Gasteiger partial charge in [0.25, 0.3) is 5.91 Å². The molecule has 0 spiro atoms. The predicted molar refractivity (Wildman–Crippen MR) is 76.8 cm³/mol. The van der Waals surface area contributed by atoms with Gasteiger partial charge in [0.15, 0.2) is 5.60 Å². The van der Waals surface area contributed by atoms with Gasteiger partial charge in [-0.05, 0) is 32.0 Å². The second kappa shape index (κ2) is 5.63. The summed E-state index contributed by atoms with van der Waals surface area (Å²) in [7, 11) is -2.16. The van der Waals surface area contributed by atoms with Gasteiger partial charge in [-0.15, -0.1) is 0 Å². The van der Waals surface area contributed by atoms with Crippen LogP contribution in [0, 0.1) is 0 Å². The number of carbonyl (C=O) groups excluding carboxylic acids is 1. The van der Waals surface area contributed by atoms with Gasteiger partial charge in [0, 0.05) is 13.7 Å². The Kier molecular flexibility index (Phi) is 4.22. The number of benzene rings is 1. The summed E-state index contributed by atoms with van der Waals surface area (Å²) in [6.07, 6.45) is 0. The molecule has 1 aromatic carbocycles. The van der Waals surface area contributed by atoms with E-state index in [9.17, 15) is 13.2 Å². The summed E-state index contributed by atoms with van der Waals surface area (Å²) >= 11 is 0. The molecule has 21 heavy (non-hydrogen) atoms. The normalized spacial score (nSPS) is 16.8. The van der Waals surface area contributed by atoms with Crippen LogP contribution >= 0.6 is 0 Å². The Hall–Kier alpha value is -1.64. The fourth-order valence-corrected chi connectivity index (χ4v) is 2.86. The standard InChI is InChI=1S/C13H18N2O5S/c1-13(2)12(16)15-10-8-9(4-5-11(10)20-13)21(17,18)14-6-7-19-3/h4-5,8,14H,6-7H2,1-3H3,(H,15,16). The lowest BCUT2D eigenvalue weighted by Crippen LogP contribution is -2.45. The number of anilines is 1. The van der Waals surface area contributed by atoms with Crippen molar-refractivity contribution in [3.63, 3.8) is 0 Å². The molecule has 8 heteroatoms. The Bertz CT molecular complexity index is 655. The van der Waals surface area contributed by atoms with Gasteiger partial charge in [-0.1, -0.05) is 0 Å². The molecule has 7 nitrogen and oxygen atoms in total. The number of nitrogens with one attached hydrogen (secondary N) is 2. The van der Waals surface area contributed by atoms with Gasteiger partial charge < -0.3 is 14.8 Å². The van der Waals surface area contributed by atoms with E-state index in [2.05, 4.69) is 10.0 Å². The SMILES string of the molecule is COCCNS(=O)(=O)c1ccc2c(c1)NC(=O)C(C)(C)O2. The van der Waals surface area contributed by atoms with Gasteiger partial charge in [0.1, 0.15) is 5.75 Å². The van der Waals surface area contributed by atoms with Crippen LogP contribution in [0.15, 0.2) is 23.1 Å². The molecule has 0 fully saturated rings. The second-order valence-electron chi connectivity index (χ2n) is 5.12. The highest BCUT2D eigenvalue weighted by Crippen LogP contribution is 2.34. The van der Waals surface area contributed by atoms with Crippen molar-refractivity contribution < 1.29 is 22.7 Å². The molecular formula is C13H18N2O5S. The average molecular weight is 314 g/mol. The summed E-state index contributed by atoms with van der Waals surface area (Å²) in [4.78, 5) is 11.9. The number of methoxy groups -OCH3 is 1. The van der Waals surface area contributed by atoms with Crippen molar-refractivity contribution in [1.82, 2.24) is 4.72 Å². The van der Waals surface area contributed by atoms with Crippen molar-refractivity contribution >= 4 is 21.6 Å². The molecule has 1 aliphatic heterocycles. The highest BCUT2D eigenvalue weighted by Gasteiger charge is 2.35. The van der Waals surface area contributed by atoms with Crippen molar-refractivity contribution in [3.8, 4) is 5.75 Å². The number of fused-ring (bicyclic) bond motifs is 1. The first-order valence-electron chi connectivity index (χ1n) is 6.39. The van der Waals surface area contributed by atoms with Crippen LogP contribution in [0.25, 0.3) is 0 Å². The smallest absolute Gasteiger partial charge is 0.268 e. The van der Waals surface area contributed by atoms with Crippen molar-refractivity contribution in [2.24, 2.45) is 0 Å². The lowest BCUT2D eigenvalue weighted by atomic mass is 10.1. The van der Waals surface area contributed by atoms with E-state index in [-0.39, 0.29) is 24.0 Å². The molecule has 0 atom stereocenters. The summed E-state index contributed by atoms with van der Waals surface area (Å²) in [5.41, 5.74) is -0.640. The van der Waals surface area contributed by atoms with Gasteiger partial charge in [-0.25, -0.2) is 13.1 Å². The average Bonchev–Trinajstić information content (AvgIpc) is 2.39. The van der Waals surface area contributed by atoms with Crippen LogP contribution < -0.4 is 14.8 Å². The van der Waals surface area contributed by atoms with E-state index in [1.54, 1.807) is 13.8 Å². The van der Waals surface area contributed by atoms with Crippen LogP contribution in [0.2, 0.25) is 0 Å². The van der Waals surface area contributed by atoms with E-state index in [4.69, 9.17) is 9.47 Å². The van der Waals surface area contributed by atoms with E-state index in [0.29, 0.717) is 11.4 Å². The number of hydrogen-bond acceptors (Lipinski definition) is 5. The zero-order valence-electron chi connectivity index (χ0n) is 12.1. The fraction of sp³-hybridized carbons (Fsp3) is 0.462. The Morgan fingerprint density at radius 2 is 2.10 bits per heavy atom. The molecule has 0 bridgehead atoms. The minimum absolute atomic E-state index is 0.0564. The first-order chi connectivity index (χ1) is 9.76. The summed E-state index contributed by atoms with van der Waals surface area (Å²) in [5.74, 6) is 0.118. The summed E-state index contributed by atoms with van der Waals surface area (Å²) in [6, 6.07) is 4.33. The minimum atomic E-state index is -3.65. The van der Waals surface area contributed by atoms with Crippen LogP contribution in [0.3, 0.4) is 0 Å². The topological polar surface area (TPSA) is 93.7 Å². The molecule has 0 radical (unpaired) electrons. The number of ether oxygens (including phenoxy) is 2. The predicted octanol–water partition coefficient (Wildman–Crippen LogP) is 0.721. The first-order valence-corrected chi connectivity index (χ1v) is 7.88. The fourth-order valence-electron chi connectivity index (χ4n) is 1.82. The van der Waals surface area contributed by atoms with Crippen molar-refractivity contribution in [3.05, 3.63) is 18.2 Å². The van der Waals surface area contributed by atoms with Crippen molar-refractivity contribution in [2.75, 3.05) is 25.6 Å². The largest absolute Gasteiger partial charge is 0.476 e. The monoisotopic (exact) mass is 314 g/mol. The molecule has 0 saturated carbocycles. The molecule has 116 valence electrons. The molecular weight excluding hydrogens is 296 g/mol. The Morgan fingerprint density at radius 1 is 1.38 bits per heavy atom. The van der Waals surface area contributed by atoms with Crippen LogP contribution in [0.5, 0.6) is 5.75 Å². The molecule has 1 heterocycles. The molecule has 0 unspecified atom stereocenters. The number of sulfonamides is 1. The molecule has 2 rings (SSSR count). The molecule has 2 N–H and O–H groups in total. The third-order valence-corrected chi connectivity index (χ3v) is 4.48. The van der Waals surface area contributed by atoms with E-state index >= 15 is 0 Å². The summed E-state index contributed by atoms with van der Waals surface area (Å²) < 4.78 is 36.9. The van der Waals surface area contributed by atoms with Gasteiger partial charge in [0.05, 0.1) is 17.2 Å². The van der Waals surface area contributed by atoms with Gasteiger partial charge >= 0.3 is 0 Å². The number of amides is 1. The Balaban J connectivity index is 2.26. The van der Waals surface area contributed by atoms with E-state index < -0.39 is 15.6 Å². The number of hydrogen-bond donors (Lipinski definition) is 2. The summed E-state index contributed by atoms with van der Waals surface area (Å²) in [5, 5.41) is 2.65. The van der Waals surface area contributed by atoms with E-state index in [1.807, 2.05) is 0 Å². The molecule has 1 aliphatic rings. The third kappa shape index (κ3) is 3.34. The zero-order valence-corrected chi connectivity index (χ0v) is 12.9. The molecule has 0 aromatic heterocycles. The van der Waals surface area contributed by atoms with Crippen LogP contribution in [0.1, 0.15) is 13.8 Å².